The maximum atomic E-state index is 12.7. The third-order valence-corrected chi connectivity index (χ3v) is 6.76. The van der Waals surface area contributed by atoms with Gasteiger partial charge in [-0.1, -0.05) is 12.1 Å². The van der Waals surface area contributed by atoms with E-state index < -0.39 is 26.9 Å². The Morgan fingerprint density at radius 1 is 1.00 bits per heavy atom. The minimum Gasteiger partial charge on any atom is -0.497 e. The Balaban J connectivity index is 1.73. The summed E-state index contributed by atoms with van der Waals surface area (Å²) in [6, 6.07) is 11.4. The number of nitrogens with zero attached hydrogens (tertiary/aromatic N) is 2. The van der Waals surface area contributed by atoms with Crippen LogP contribution in [0.25, 0.3) is 11.0 Å². The Bertz CT molecular complexity index is 1370. The maximum Gasteiger partial charge on any atom is 0.316 e. The van der Waals surface area contributed by atoms with Crippen LogP contribution >= 0.6 is 0 Å². The van der Waals surface area contributed by atoms with Gasteiger partial charge in [0.1, 0.15) is 5.75 Å². The van der Waals surface area contributed by atoms with Crippen molar-refractivity contribution in [3.63, 3.8) is 0 Å². The molecule has 164 valence electrons. The van der Waals surface area contributed by atoms with Crippen molar-refractivity contribution in [2.75, 3.05) is 12.9 Å². The molecule has 0 saturated carbocycles. The van der Waals surface area contributed by atoms with Gasteiger partial charge in [-0.15, -0.1) is 0 Å². The lowest BCUT2D eigenvalue weighted by molar-refractivity contribution is -0.120. The number of carbonyl (C=O) groups excluding carboxylic acids is 1. The van der Waals surface area contributed by atoms with Gasteiger partial charge in [0, 0.05) is 27.1 Å². The number of sulfone groups is 1. The molecule has 3 rings (SSSR count). The number of amides is 1. The van der Waals surface area contributed by atoms with E-state index in [0.29, 0.717) is 16.8 Å². The normalized spacial score (nSPS) is 11.5. The van der Waals surface area contributed by atoms with E-state index in [9.17, 15) is 22.8 Å². The minimum absolute atomic E-state index is 0.0192. The van der Waals surface area contributed by atoms with E-state index in [2.05, 4.69) is 5.32 Å². The molecule has 0 radical (unpaired) electrons. The van der Waals surface area contributed by atoms with Crippen LogP contribution in [0.4, 0.5) is 0 Å². The van der Waals surface area contributed by atoms with Gasteiger partial charge >= 0.3 is 11.1 Å². The van der Waals surface area contributed by atoms with E-state index in [4.69, 9.17) is 4.74 Å². The summed E-state index contributed by atoms with van der Waals surface area (Å²) < 4.78 is 32.9. The van der Waals surface area contributed by atoms with Gasteiger partial charge in [-0.3, -0.25) is 14.4 Å². The highest BCUT2D eigenvalue weighted by atomic mass is 32.2. The Morgan fingerprint density at radius 2 is 1.68 bits per heavy atom. The first kappa shape index (κ1) is 22.3. The number of hydrogen-bond acceptors (Lipinski definition) is 6. The summed E-state index contributed by atoms with van der Waals surface area (Å²) in [7, 11) is 0.634. The molecular formula is C21H23N3O6S. The summed E-state index contributed by atoms with van der Waals surface area (Å²) in [4.78, 5) is 36.1. The van der Waals surface area contributed by atoms with Crippen LogP contribution in [0.5, 0.6) is 5.75 Å². The first-order chi connectivity index (χ1) is 14.6. The summed E-state index contributed by atoms with van der Waals surface area (Å²) in [6.07, 6.45) is -0.212. The fourth-order valence-corrected chi connectivity index (χ4v) is 4.43. The van der Waals surface area contributed by atoms with E-state index in [-0.39, 0.29) is 23.6 Å². The average Bonchev–Trinajstić information content (AvgIpc) is 2.78. The van der Waals surface area contributed by atoms with Gasteiger partial charge in [-0.25, -0.2) is 8.42 Å². The van der Waals surface area contributed by atoms with Crippen molar-refractivity contribution < 1.29 is 17.9 Å². The van der Waals surface area contributed by atoms with Crippen LogP contribution in [0.3, 0.4) is 0 Å². The molecular weight excluding hydrogens is 422 g/mol. The molecule has 0 fully saturated rings. The molecule has 3 aromatic rings. The SMILES string of the molecule is COc1cccc(CNC(=O)CCS(=O)(=O)c2ccc3c(c2)n(C)c(=O)c(=O)n3C)c1. The molecule has 9 nitrogen and oxygen atoms in total. The number of hydrogen-bond donors (Lipinski definition) is 1. The number of aryl methyl sites for hydroxylation is 2. The van der Waals surface area contributed by atoms with Crippen LogP contribution in [-0.2, 0) is 35.3 Å². The molecule has 1 amide bonds. The molecule has 0 saturated heterocycles. The molecule has 0 atom stereocenters. The summed E-state index contributed by atoms with van der Waals surface area (Å²) in [5.41, 5.74) is 0.133. The molecule has 1 heterocycles. The molecule has 0 bridgehead atoms. The molecule has 10 heteroatoms. The summed E-state index contributed by atoms with van der Waals surface area (Å²) in [5, 5.41) is 2.69. The lowest BCUT2D eigenvalue weighted by Crippen LogP contribution is -2.39. The van der Waals surface area contributed by atoms with Crippen LogP contribution in [0.2, 0.25) is 0 Å². The zero-order valence-corrected chi connectivity index (χ0v) is 18.2. The van der Waals surface area contributed by atoms with E-state index in [0.717, 1.165) is 10.1 Å². The zero-order valence-electron chi connectivity index (χ0n) is 17.4. The van der Waals surface area contributed by atoms with E-state index >= 15 is 0 Å². The number of carbonyl (C=O) groups is 1. The van der Waals surface area contributed by atoms with Crippen molar-refractivity contribution in [1.82, 2.24) is 14.5 Å². The van der Waals surface area contributed by atoms with Gasteiger partial charge in [-0.05, 0) is 35.9 Å². The predicted octanol–water partition coefficient (Wildman–Crippen LogP) is 0.726. The lowest BCUT2D eigenvalue weighted by atomic mass is 10.2. The summed E-state index contributed by atoms with van der Waals surface area (Å²) >= 11 is 0. The second kappa shape index (κ2) is 8.76. The third kappa shape index (κ3) is 4.69. The number of aromatic nitrogens is 2. The van der Waals surface area contributed by atoms with Crippen LogP contribution in [0.1, 0.15) is 12.0 Å². The molecule has 0 aliphatic rings. The number of benzene rings is 2. The second-order valence-corrected chi connectivity index (χ2v) is 9.19. The number of rotatable bonds is 7. The summed E-state index contributed by atoms with van der Waals surface area (Å²) in [6.45, 7) is 0.252. The molecule has 0 aliphatic heterocycles. The zero-order chi connectivity index (χ0) is 22.8. The highest BCUT2D eigenvalue weighted by molar-refractivity contribution is 7.91. The highest BCUT2D eigenvalue weighted by Gasteiger charge is 2.19. The van der Waals surface area contributed by atoms with E-state index in [1.165, 1.54) is 36.9 Å². The van der Waals surface area contributed by atoms with E-state index in [1.807, 2.05) is 6.07 Å². The van der Waals surface area contributed by atoms with Crippen molar-refractivity contribution in [3.05, 3.63) is 68.7 Å². The standard InChI is InChI=1S/C21H23N3O6S/c1-23-17-8-7-16(12-18(17)24(2)21(27)20(23)26)31(28,29)10-9-19(25)22-13-14-5-4-6-15(11-14)30-3/h4-8,11-12H,9-10,13H2,1-3H3,(H,22,25). The fourth-order valence-electron chi connectivity index (χ4n) is 3.17. The van der Waals surface area contributed by atoms with Gasteiger partial charge in [0.15, 0.2) is 9.84 Å². The quantitative estimate of drug-likeness (QED) is 0.536. The smallest absolute Gasteiger partial charge is 0.316 e. The van der Waals surface area contributed by atoms with Crippen molar-refractivity contribution in [1.29, 1.82) is 0 Å². The van der Waals surface area contributed by atoms with Gasteiger partial charge in [0.2, 0.25) is 5.91 Å². The molecule has 2 aromatic carbocycles. The van der Waals surface area contributed by atoms with Crippen molar-refractivity contribution >= 4 is 26.8 Å². The third-order valence-electron chi connectivity index (χ3n) is 5.04. The monoisotopic (exact) mass is 445 g/mol. The lowest BCUT2D eigenvalue weighted by Gasteiger charge is -2.11. The van der Waals surface area contributed by atoms with Gasteiger partial charge in [-0.2, -0.15) is 0 Å². The Kier molecular flexibility index (Phi) is 6.30. The Hall–Kier alpha value is -3.40. The largest absolute Gasteiger partial charge is 0.497 e. The highest BCUT2D eigenvalue weighted by Crippen LogP contribution is 2.18. The molecule has 0 spiro atoms. The van der Waals surface area contributed by atoms with Gasteiger partial charge in [0.05, 0.1) is 28.8 Å². The van der Waals surface area contributed by atoms with Gasteiger partial charge in [0.25, 0.3) is 0 Å². The van der Waals surface area contributed by atoms with Crippen molar-refractivity contribution in [3.8, 4) is 5.75 Å². The molecule has 0 unspecified atom stereocenters. The molecule has 31 heavy (non-hydrogen) atoms. The van der Waals surface area contributed by atoms with Crippen LogP contribution in [-0.4, -0.2) is 36.3 Å². The Labute approximate surface area is 178 Å². The minimum atomic E-state index is -3.78. The van der Waals surface area contributed by atoms with Crippen LogP contribution in [0.15, 0.2) is 56.9 Å². The van der Waals surface area contributed by atoms with E-state index in [1.54, 1.807) is 25.3 Å². The first-order valence-corrected chi connectivity index (χ1v) is 11.1. The average molecular weight is 445 g/mol. The van der Waals surface area contributed by atoms with Gasteiger partial charge < -0.3 is 19.2 Å². The Morgan fingerprint density at radius 3 is 2.35 bits per heavy atom. The topological polar surface area (TPSA) is 116 Å². The number of nitrogens with one attached hydrogen (secondary N) is 1. The number of ether oxygens (including phenoxy) is 1. The van der Waals surface area contributed by atoms with Crippen LogP contribution in [0, 0.1) is 0 Å². The molecule has 1 N–H and O–H groups in total. The maximum absolute atomic E-state index is 12.7. The first-order valence-electron chi connectivity index (χ1n) is 9.46. The fraction of sp³-hybridized carbons (Fsp3) is 0.286. The predicted molar refractivity (Wildman–Crippen MR) is 116 cm³/mol. The molecule has 0 aliphatic carbocycles. The number of methoxy groups -OCH3 is 1. The molecule has 1 aromatic heterocycles. The summed E-state index contributed by atoms with van der Waals surface area (Å²) in [5.74, 6) is -0.123. The van der Waals surface area contributed by atoms with Crippen molar-refractivity contribution in [2.45, 2.75) is 17.9 Å². The van der Waals surface area contributed by atoms with Crippen LogP contribution < -0.4 is 21.2 Å². The van der Waals surface area contributed by atoms with Crippen molar-refractivity contribution in [2.24, 2.45) is 14.1 Å². The second-order valence-electron chi connectivity index (χ2n) is 7.08. The number of fused-ring (bicyclic) bond motifs is 1.